The van der Waals surface area contributed by atoms with Crippen molar-refractivity contribution in [2.75, 3.05) is 0 Å². The van der Waals surface area contributed by atoms with E-state index in [1.807, 2.05) is 13.8 Å². The summed E-state index contributed by atoms with van der Waals surface area (Å²) in [5.41, 5.74) is -0.712. The molecule has 3 aromatic rings. The Kier molecular flexibility index (Phi) is 5.49. The average molecular weight is 528 g/mol. The third-order valence-corrected chi connectivity index (χ3v) is 3.75. The van der Waals surface area contributed by atoms with E-state index >= 15 is 0 Å². The molecule has 2 heterocycles. The average Bonchev–Trinajstić information content (AvgIpc) is 2.54. The van der Waals surface area contributed by atoms with Crippen molar-refractivity contribution < 1.29 is 30.3 Å². The first kappa shape index (κ1) is 19.6. The monoisotopic (exact) mass is 528 g/mol. The van der Waals surface area contributed by atoms with Crippen LogP contribution >= 0.6 is 0 Å². The molecule has 0 saturated heterocycles. The van der Waals surface area contributed by atoms with Crippen LogP contribution in [0.5, 0.6) is 0 Å². The van der Waals surface area contributed by atoms with Gasteiger partial charge in [0.25, 0.3) is 11.2 Å². The molecule has 0 unspecified atom stereocenters. The summed E-state index contributed by atoms with van der Waals surface area (Å²) < 4.78 is 1.44. The molecule has 0 aliphatic rings. The van der Waals surface area contributed by atoms with Crippen LogP contribution in [0.25, 0.3) is 16.6 Å². The van der Waals surface area contributed by atoms with Crippen molar-refractivity contribution in [3.63, 3.8) is 0 Å². The summed E-state index contributed by atoms with van der Waals surface area (Å²) in [6.45, 7) is 3.85. The Morgan fingerprint density at radius 3 is 2.46 bits per heavy atom. The Balaban J connectivity index is 0.00000243. The van der Waals surface area contributed by atoms with Crippen LogP contribution in [-0.4, -0.2) is 19.2 Å². The van der Waals surface area contributed by atoms with Gasteiger partial charge in [0.2, 0.25) is 0 Å². The molecule has 0 saturated carbocycles. The summed E-state index contributed by atoms with van der Waals surface area (Å²) >= 11 is 0. The maximum atomic E-state index is 12.4. The first-order valence-corrected chi connectivity index (χ1v) is 7.35. The standard InChI is InChI=1S/C16H13N4O5.Re/c1-9(2)6-10-4-3-5-18-14-12(16(21)17-15(10)18)7-11(19(22)23)8-13(14)20(24)25;/h3-5,7-8H,6H2,1-2H3;/q-1;. The first-order valence-electron chi connectivity index (χ1n) is 7.35. The molecule has 0 fully saturated rings. The number of nitro groups is 2. The van der Waals surface area contributed by atoms with E-state index in [2.05, 4.69) is 4.98 Å². The second-order valence-corrected chi connectivity index (χ2v) is 5.90. The molecule has 1 aromatic carbocycles. The SMILES string of the molecule is C[C-](C)Cc1cccn2c1nc(=O)c1cc([N+](=O)[O-])cc([N+](=O)[O-])c12.[Re]. The van der Waals surface area contributed by atoms with E-state index in [0.29, 0.717) is 12.1 Å². The van der Waals surface area contributed by atoms with Crippen LogP contribution in [0.15, 0.2) is 35.3 Å². The molecule has 0 atom stereocenters. The molecular weight excluding hydrogens is 514 g/mol. The number of benzene rings is 1. The molecule has 9 nitrogen and oxygen atoms in total. The largest absolute Gasteiger partial charge is 0.315 e. The maximum Gasteiger partial charge on any atom is 0.300 e. The number of hydrogen-bond acceptors (Lipinski definition) is 6. The van der Waals surface area contributed by atoms with Crippen LogP contribution in [-0.2, 0) is 26.8 Å². The molecule has 0 bridgehead atoms. The van der Waals surface area contributed by atoms with Gasteiger partial charge in [-0.3, -0.25) is 29.4 Å². The summed E-state index contributed by atoms with van der Waals surface area (Å²) in [6, 6.07) is 5.37. The number of nitrogens with zero attached hydrogens (tertiary/aromatic N) is 4. The third-order valence-electron chi connectivity index (χ3n) is 3.75. The van der Waals surface area contributed by atoms with Crippen LogP contribution in [0, 0.1) is 26.1 Å². The second kappa shape index (κ2) is 7.27. The second-order valence-electron chi connectivity index (χ2n) is 5.90. The van der Waals surface area contributed by atoms with Gasteiger partial charge >= 0.3 is 5.69 Å². The first-order chi connectivity index (χ1) is 11.8. The fourth-order valence-corrected chi connectivity index (χ4v) is 2.79. The van der Waals surface area contributed by atoms with Crippen LogP contribution in [0.1, 0.15) is 19.4 Å². The predicted molar refractivity (Wildman–Crippen MR) is 90.6 cm³/mol. The fourth-order valence-electron chi connectivity index (χ4n) is 2.79. The smallest absolute Gasteiger partial charge is 0.300 e. The molecule has 2 aromatic heterocycles. The van der Waals surface area contributed by atoms with Crippen molar-refractivity contribution >= 4 is 27.9 Å². The summed E-state index contributed by atoms with van der Waals surface area (Å²) in [6.07, 6.45) is 2.11. The molecule has 135 valence electrons. The Morgan fingerprint density at radius 1 is 1.19 bits per heavy atom. The Hall–Kier alpha value is -2.70. The molecule has 1 radical (unpaired) electrons. The van der Waals surface area contributed by atoms with Crippen LogP contribution in [0.4, 0.5) is 11.4 Å². The normalized spacial score (nSPS) is 10.9. The number of fused-ring (bicyclic) bond motifs is 3. The van der Waals surface area contributed by atoms with E-state index in [1.54, 1.807) is 18.3 Å². The molecule has 0 aliphatic carbocycles. The van der Waals surface area contributed by atoms with Crippen molar-refractivity contribution in [2.45, 2.75) is 20.3 Å². The number of nitro benzene ring substituents is 2. The van der Waals surface area contributed by atoms with Gasteiger partial charge in [0.15, 0.2) is 0 Å². The number of rotatable bonds is 4. The van der Waals surface area contributed by atoms with Gasteiger partial charge in [-0.2, -0.15) is 18.8 Å². The van der Waals surface area contributed by atoms with Gasteiger partial charge in [-0.15, -0.1) is 6.42 Å². The van der Waals surface area contributed by atoms with Crippen molar-refractivity contribution in [3.8, 4) is 0 Å². The Morgan fingerprint density at radius 2 is 1.88 bits per heavy atom. The maximum absolute atomic E-state index is 12.4. The van der Waals surface area contributed by atoms with Crippen molar-refractivity contribution in [1.29, 1.82) is 0 Å². The van der Waals surface area contributed by atoms with E-state index < -0.39 is 26.8 Å². The molecule has 0 amide bonds. The van der Waals surface area contributed by atoms with E-state index in [4.69, 9.17) is 0 Å². The van der Waals surface area contributed by atoms with Crippen LogP contribution in [0.3, 0.4) is 0 Å². The Bertz CT molecular complexity index is 1090. The minimum atomic E-state index is -0.771. The van der Waals surface area contributed by atoms with Gasteiger partial charge < -0.3 is 5.92 Å². The van der Waals surface area contributed by atoms with E-state index in [-0.39, 0.29) is 31.3 Å². The zero-order valence-corrected chi connectivity index (χ0v) is 16.5. The summed E-state index contributed by atoms with van der Waals surface area (Å²) in [4.78, 5) is 37.4. The van der Waals surface area contributed by atoms with E-state index in [9.17, 15) is 25.0 Å². The molecule has 0 aliphatic heterocycles. The van der Waals surface area contributed by atoms with Gasteiger partial charge in [0, 0.05) is 32.7 Å². The number of hydrogen-bond donors (Lipinski definition) is 0. The minimum absolute atomic E-state index is 0. The molecule has 0 N–H and O–H groups in total. The summed E-state index contributed by atoms with van der Waals surface area (Å²) in [7, 11) is 0. The fraction of sp³-hybridized carbons (Fsp3) is 0.188. The summed E-state index contributed by atoms with van der Waals surface area (Å²) in [5, 5.41) is 22.3. The third kappa shape index (κ3) is 3.34. The molecule has 10 heteroatoms. The van der Waals surface area contributed by atoms with Crippen molar-refractivity contribution in [3.05, 3.63) is 72.5 Å². The molecular formula is C16H13N4O5Re-. The van der Waals surface area contributed by atoms with E-state index in [0.717, 1.165) is 23.6 Å². The van der Waals surface area contributed by atoms with Gasteiger partial charge in [0.1, 0.15) is 11.2 Å². The van der Waals surface area contributed by atoms with Gasteiger partial charge in [-0.1, -0.05) is 6.07 Å². The quantitative estimate of drug-likeness (QED) is 0.223. The minimum Gasteiger partial charge on any atom is -0.315 e. The Labute approximate surface area is 160 Å². The van der Waals surface area contributed by atoms with E-state index in [1.165, 1.54) is 4.40 Å². The topological polar surface area (TPSA) is 121 Å². The van der Waals surface area contributed by atoms with Crippen LogP contribution < -0.4 is 5.56 Å². The van der Waals surface area contributed by atoms with Crippen molar-refractivity contribution in [1.82, 2.24) is 9.38 Å². The molecule has 3 rings (SSSR count). The summed E-state index contributed by atoms with van der Waals surface area (Å²) in [5.74, 6) is 1.08. The zero-order valence-electron chi connectivity index (χ0n) is 13.8. The van der Waals surface area contributed by atoms with Crippen LogP contribution in [0.2, 0.25) is 0 Å². The number of pyridine rings is 1. The number of non-ortho nitro benzene ring substituents is 2. The number of aromatic nitrogens is 2. The molecule has 0 spiro atoms. The van der Waals surface area contributed by atoms with Crippen molar-refractivity contribution in [2.24, 2.45) is 0 Å². The van der Waals surface area contributed by atoms with Gasteiger partial charge in [-0.05, 0) is 11.6 Å². The molecule has 26 heavy (non-hydrogen) atoms. The van der Waals surface area contributed by atoms with Gasteiger partial charge in [0.05, 0.1) is 21.3 Å². The predicted octanol–water partition coefficient (Wildman–Crippen LogP) is 2.82. The zero-order chi connectivity index (χ0) is 18.3. The van der Waals surface area contributed by atoms with Gasteiger partial charge in [-0.25, -0.2) is 0 Å².